The van der Waals surface area contributed by atoms with Gasteiger partial charge in [0.1, 0.15) is 6.10 Å². The van der Waals surface area contributed by atoms with Gasteiger partial charge in [-0.15, -0.1) is 0 Å². The van der Waals surface area contributed by atoms with Gasteiger partial charge in [-0.3, -0.25) is 4.79 Å². The van der Waals surface area contributed by atoms with Gasteiger partial charge in [-0.2, -0.15) is 0 Å². The average Bonchev–Trinajstić information content (AvgIpc) is 3.07. The van der Waals surface area contributed by atoms with Gasteiger partial charge in [0, 0.05) is 6.42 Å². The molecule has 0 aromatic rings. The molecule has 280 valence electrons. The van der Waals surface area contributed by atoms with Gasteiger partial charge in [-0.05, 0) is 32.1 Å². The molecule has 47 heavy (non-hydrogen) atoms. The van der Waals surface area contributed by atoms with Crippen molar-refractivity contribution in [3.8, 4) is 0 Å². The third-order valence-electron chi connectivity index (χ3n) is 9.87. The standard InChI is InChI=1S/C42H83NO4/c1-3-5-7-9-11-13-14-15-16-17-18-19-20-21-22-23-24-25-26-27-29-30-32-34-36-40(45)42(47)39(38-44)43-41(46)37-35-33-31-28-12-10-8-6-4-2/h28,31,39-40,42,44-45,47H,3-27,29-30,32-38H2,1-2H3,(H,43,46)/b31-28-. The maximum atomic E-state index is 12.3. The van der Waals surface area contributed by atoms with Crippen LogP contribution in [0.1, 0.15) is 226 Å². The van der Waals surface area contributed by atoms with Crippen LogP contribution < -0.4 is 5.32 Å². The number of aliphatic hydroxyl groups is 3. The van der Waals surface area contributed by atoms with E-state index in [1.807, 2.05) is 0 Å². The Morgan fingerprint density at radius 3 is 1.23 bits per heavy atom. The lowest BCUT2D eigenvalue weighted by Crippen LogP contribution is -2.50. The Hall–Kier alpha value is -0.910. The number of nitrogens with one attached hydrogen (secondary N) is 1. The van der Waals surface area contributed by atoms with Crippen molar-refractivity contribution < 1.29 is 20.1 Å². The number of rotatable bonds is 38. The van der Waals surface area contributed by atoms with Crippen LogP contribution in [-0.4, -0.2) is 46.1 Å². The molecule has 0 aliphatic carbocycles. The lowest BCUT2D eigenvalue weighted by atomic mass is 9.99. The average molecular weight is 666 g/mol. The van der Waals surface area contributed by atoms with Crippen LogP contribution in [0.15, 0.2) is 12.2 Å². The summed E-state index contributed by atoms with van der Waals surface area (Å²) in [7, 11) is 0. The summed E-state index contributed by atoms with van der Waals surface area (Å²) >= 11 is 0. The van der Waals surface area contributed by atoms with Crippen LogP contribution in [0.25, 0.3) is 0 Å². The minimum Gasteiger partial charge on any atom is -0.394 e. The van der Waals surface area contributed by atoms with Crippen LogP contribution in [0, 0.1) is 0 Å². The molecule has 0 bridgehead atoms. The summed E-state index contributed by atoms with van der Waals surface area (Å²) in [5, 5.41) is 33.3. The SMILES string of the molecule is CCCCCC/C=C\CCCC(=O)NC(CO)C(O)C(O)CCCCCCCCCCCCCCCCCCCCCCCCCC. The summed E-state index contributed by atoms with van der Waals surface area (Å²) in [5.74, 6) is -0.179. The zero-order valence-corrected chi connectivity index (χ0v) is 31.7. The van der Waals surface area contributed by atoms with Crippen LogP contribution in [0.3, 0.4) is 0 Å². The van der Waals surface area contributed by atoms with E-state index in [0.717, 1.165) is 38.5 Å². The van der Waals surface area contributed by atoms with Crippen molar-refractivity contribution in [2.75, 3.05) is 6.61 Å². The number of hydrogen-bond donors (Lipinski definition) is 4. The van der Waals surface area contributed by atoms with Gasteiger partial charge in [0.2, 0.25) is 5.91 Å². The number of unbranched alkanes of at least 4 members (excludes halogenated alkanes) is 28. The first-order chi connectivity index (χ1) is 23.1. The molecule has 0 aliphatic rings. The molecule has 0 aromatic carbocycles. The van der Waals surface area contributed by atoms with Gasteiger partial charge in [0.15, 0.2) is 0 Å². The van der Waals surface area contributed by atoms with Gasteiger partial charge >= 0.3 is 0 Å². The summed E-state index contributed by atoms with van der Waals surface area (Å²) < 4.78 is 0. The Labute approximate surface area is 293 Å². The fraction of sp³-hybridized carbons (Fsp3) is 0.929. The summed E-state index contributed by atoms with van der Waals surface area (Å²) in [5.41, 5.74) is 0. The highest BCUT2D eigenvalue weighted by atomic mass is 16.3. The van der Waals surface area contributed by atoms with E-state index < -0.39 is 18.2 Å². The third kappa shape index (κ3) is 33.4. The zero-order chi connectivity index (χ0) is 34.5. The predicted octanol–water partition coefficient (Wildman–Crippen LogP) is 11.7. The molecule has 3 unspecified atom stereocenters. The molecule has 0 radical (unpaired) electrons. The molecule has 3 atom stereocenters. The van der Waals surface area contributed by atoms with E-state index in [2.05, 4.69) is 31.3 Å². The van der Waals surface area contributed by atoms with E-state index in [1.165, 1.54) is 161 Å². The van der Waals surface area contributed by atoms with E-state index in [4.69, 9.17) is 0 Å². The van der Waals surface area contributed by atoms with Gasteiger partial charge in [-0.25, -0.2) is 0 Å². The first-order valence-corrected chi connectivity index (χ1v) is 21.0. The molecule has 0 spiro atoms. The fourth-order valence-corrected chi connectivity index (χ4v) is 6.58. The van der Waals surface area contributed by atoms with E-state index in [9.17, 15) is 20.1 Å². The van der Waals surface area contributed by atoms with E-state index >= 15 is 0 Å². The minimum absolute atomic E-state index is 0.179. The number of allylic oxidation sites excluding steroid dienone is 2. The van der Waals surface area contributed by atoms with E-state index in [1.54, 1.807) is 0 Å². The predicted molar refractivity (Wildman–Crippen MR) is 204 cm³/mol. The van der Waals surface area contributed by atoms with Gasteiger partial charge in [-0.1, -0.05) is 199 Å². The third-order valence-corrected chi connectivity index (χ3v) is 9.87. The lowest BCUT2D eigenvalue weighted by molar-refractivity contribution is -0.124. The highest BCUT2D eigenvalue weighted by Gasteiger charge is 2.26. The number of aliphatic hydroxyl groups excluding tert-OH is 3. The van der Waals surface area contributed by atoms with Gasteiger partial charge in [0.05, 0.1) is 18.8 Å². The lowest BCUT2D eigenvalue weighted by Gasteiger charge is -2.26. The largest absolute Gasteiger partial charge is 0.394 e. The monoisotopic (exact) mass is 666 g/mol. The second-order valence-corrected chi connectivity index (χ2v) is 14.5. The molecular weight excluding hydrogens is 582 g/mol. The van der Waals surface area contributed by atoms with Gasteiger partial charge in [0.25, 0.3) is 0 Å². The number of hydrogen-bond acceptors (Lipinski definition) is 4. The molecule has 0 saturated carbocycles. The van der Waals surface area contributed by atoms with E-state index in [-0.39, 0.29) is 12.5 Å². The summed E-state index contributed by atoms with van der Waals surface area (Å²) in [4.78, 5) is 12.3. The first kappa shape index (κ1) is 46.1. The van der Waals surface area contributed by atoms with Crippen LogP contribution in [0.2, 0.25) is 0 Å². The summed E-state index contributed by atoms with van der Waals surface area (Å²) in [6.07, 6.45) is 43.4. The van der Waals surface area contributed by atoms with Crippen molar-refractivity contribution >= 4 is 5.91 Å². The molecule has 0 rings (SSSR count). The van der Waals surface area contributed by atoms with E-state index in [0.29, 0.717) is 12.8 Å². The second-order valence-electron chi connectivity index (χ2n) is 14.5. The molecule has 4 N–H and O–H groups in total. The molecule has 0 aliphatic heterocycles. The minimum atomic E-state index is -1.14. The van der Waals surface area contributed by atoms with Crippen LogP contribution >= 0.6 is 0 Å². The highest BCUT2D eigenvalue weighted by Crippen LogP contribution is 2.17. The molecule has 0 heterocycles. The zero-order valence-electron chi connectivity index (χ0n) is 31.7. The Morgan fingerprint density at radius 2 is 0.851 bits per heavy atom. The molecular formula is C42H83NO4. The topological polar surface area (TPSA) is 89.8 Å². The molecule has 1 amide bonds. The maximum Gasteiger partial charge on any atom is 0.220 e. The molecule has 5 heteroatoms. The van der Waals surface area contributed by atoms with Crippen molar-refractivity contribution in [2.24, 2.45) is 0 Å². The van der Waals surface area contributed by atoms with Gasteiger partial charge < -0.3 is 20.6 Å². The van der Waals surface area contributed by atoms with Crippen molar-refractivity contribution in [3.05, 3.63) is 12.2 Å². The molecule has 0 fully saturated rings. The Balaban J connectivity index is 3.54. The number of carbonyl (C=O) groups is 1. The second kappa shape index (κ2) is 37.9. The normalized spacial score (nSPS) is 13.7. The quantitative estimate of drug-likeness (QED) is 0.0390. The number of carbonyl (C=O) groups excluding carboxylic acids is 1. The summed E-state index contributed by atoms with van der Waals surface area (Å²) in [6.45, 7) is 4.13. The molecule has 0 aromatic heterocycles. The summed E-state index contributed by atoms with van der Waals surface area (Å²) in [6, 6.07) is -0.819. The first-order valence-electron chi connectivity index (χ1n) is 21.0. The van der Waals surface area contributed by atoms with Crippen molar-refractivity contribution in [2.45, 2.75) is 244 Å². The van der Waals surface area contributed by atoms with Crippen molar-refractivity contribution in [1.29, 1.82) is 0 Å². The fourth-order valence-electron chi connectivity index (χ4n) is 6.58. The Bertz CT molecular complexity index is 655. The Morgan fingerprint density at radius 1 is 0.511 bits per heavy atom. The highest BCUT2D eigenvalue weighted by molar-refractivity contribution is 5.76. The number of amides is 1. The van der Waals surface area contributed by atoms with Crippen LogP contribution in [0.5, 0.6) is 0 Å². The Kier molecular flexibility index (Phi) is 37.2. The molecule has 0 saturated heterocycles. The van der Waals surface area contributed by atoms with Crippen molar-refractivity contribution in [1.82, 2.24) is 5.32 Å². The smallest absolute Gasteiger partial charge is 0.220 e. The molecule has 5 nitrogen and oxygen atoms in total. The van der Waals surface area contributed by atoms with Crippen LogP contribution in [0.4, 0.5) is 0 Å². The van der Waals surface area contributed by atoms with Crippen LogP contribution in [-0.2, 0) is 4.79 Å². The maximum absolute atomic E-state index is 12.3. The van der Waals surface area contributed by atoms with Crippen molar-refractivity contribution in [3.63, 3.8) is 0 Å².